The first kappa shape index (κ1) is 19.1. The van der Waals surface area contributed by atoms with Crippen molar-refractivity contribution in [2.75, 3.05) is 12.4 Å². The maximum Gasteiger partial charge on any atom is 0.344 e. The summed E-state index contributed by atoms with van der Waals surface area (Å²) < 4.78 is 7.54. The van der Waals surface area contributed by atoms with Gasteiger partial charge in [0, 0.05) is 10.9 Å². The first-order valence-corrected chi connectivity index (χ1v) is 9.28. The fourth-order valence-electron chi connectivity index (χ4n) is 2.85. The SMILES string of the molecule is COc1ccc(-c2csc(Nc3ccccc3)[n+]2-c2ccccc2)cc1.[Br-]. The Morgan fingerprint density at radius 1 is 0.815 bits per heavy atom. The van der Waals surface area contributed by atoms with Crippen molar-refractivity contribution in [2.45, 2.75) is 0 Å². The molecular weight excluding hydrogens is 420 g/mol. The van der Waals surface area contributed by atoms with Crippen molar-refractivity contribution < 1.29 is 26.3 Å². The molecule has 0 saturated heterocycles. The van der Waals surface area contributed by atoms with Crippen molar-refractivity contribution in [3.8, 4) is 22.7 Å². The lowest BCUT2D eigenvalue weighted by atomic mass is 10.1. The van der Waals surface area contributed by atoms with Crippen LogP contribution in [0.5, 0.6) is 5.75 Å². The second-order valence-corrected chi connectivity index (χ2v) is 6.67. The first-order valence-electron chi connectivity index (χ1n) is 8.40. The normalized spacial score (nSPS) is 10.1. The van der Waals surface area contributed by atoms with Crippen LogP contribution in [0.2, 0.25) is 0 Å². The molecular formula is C22H19BrN2OS. The van der Waals surface area contributed by atoms with Gasteiger partial charge >= 0.3 is 5.13 Å². The van der Waals surface area contributed by atoms with Gasteiger partial charge in [-0.2, -0.15) is 4.57 Å². The van der Waals surface area contributed by atoms with Gasteiger partial charge in [-0.25, -0.2) is 5.32 Å². The number of methoxy groups -OCH3 is 1. The maximum absolute atomic E-state index is 5.29. The monoisotopic (exact) mass is 438 g/mol. The van der Waals surface area contributed by atoms with E-state index in [0.717, 1.165) is 33.5 Å². The number of hydrogen-bond donors (Lipinski definition) is 1. The first-order chi connectivity index (χ1) is 12.8. The third-order valence-corrected chi connectivity index (χ3v) is 5.00. The lowest BCUT2D eigenvalue weighted by molar-refractivity contribution is -0.563. The predicted octanol–water partition coefficient (Wildman–Crippen LogP) is 2.45. The minimum Gasteiger partial charge on any atom is -1.00 e. The van der Waals surface area contributed by atoms with Crippen LogP contribution in [0.1, 0.15) is 0 Å². The number of rotatable bonds is 5. The number of halogens is 1. The van der Waals surface area contributed by atoms with Crippen LogP contribution in [0.15, 0.2) is 90.3 Å². The summed E-state index contributed by atoms with van der Waals surface area (Å²) in [7, 11) is 1.69. The quantitative estimate of drug-likeness (QED) is 0.484. The van der Waals surface area contributed by atoms with E-state index in [4.69, 9.17) is 4.74 Å². The fourth-order valence-corrected chi connectivity index (χ4v) is 3.80. The molecule has 0 aliphatic rings. The fraction of sp³-hybridized carbons (Fsp3) is 0.0455. The van der Waals surface area contributed by atoms with E-state index in [-0.39, 0.29) is 17.0 Å². The molecule has 1 N–H and O–H groups in total. The molecule has 1 aromatic heterocycles. The number of nitrogens with zero attached hydrogens (tertiary/aromatic N) is 1. The van der Waals surface area contributed by atoms with Gasteiger partial charge in [-0.15, -0.1) is 0 Å². The highest BCUT2D eigenvalue weighted by Gasteiger charge is 2.21. The van der Waals surface area contributed by atoms with Crippen molar-refractivity contribution in [2.24, 2.45) is 0 Å². The summed E-state index contributed by atoms with van der Waals surface area (Å²) in [5, 5.41) is 6.78. The van der Waals surface area contributed by atoms with Gasteiger partial charge in [0.15, 0.2) is 5.69 Å². The Bertz CT molecular complexity index is 986. The smallest absolute Gasteiger partial charge is 0.344 e. The second kappa shape index (κ2) is 8.84. The molecule has 4 aromatic rings. The second-order valence-electron chi connectivity index (χ2n) is 5.82. The van der Waals surface area contributed by atoms with Crippen molar-refractivity contribution in [3.63, 3.8) is 0 Å². The number of hydrogen-bond acceptors (Lipinski definition) is 3. The predicted molar refractivity (Wildman–Crippen MR) is 108 cm³/mol. The zero-order valence-electron chi connectivity index (χ0n) is 14.8. The number of ether oxygens (including phenoxy) is 1. The number of benzene rings is 3. The number of thiazole rings is 1. The van der Waals surface area contributed by atoms with Crippen molar-refractivity contribution in [3.05, 3.63) is 90.3 Å². The third-order valence-electron chi connectivity index (χ3n) is 4.15. The lowest BCUT2D eigenvalue weighted by Crippen LogP contribution is -3.00. The molecule has 3 nitrogen and oxygen atoms in total. The summed E-state index contributed by atoms with van der Waals surface area (Å²) in [5.41, 5.74) is 4.48. The Kier molecular flexibility index (Phi) is 6.27. The molecule has 0 amide bonds. The summed E-state index contributed by atoms with van der Waals surface area (Å²) in [4.78, 5) is 0. The number of para-hydroxylation sites is 2. The summed E-state index contributed by atoms with van der Waals surface area (Å²) in [6, 6.07) is 28.8. The average molecular weight is 439 g/mol. The molecule has 0 aliphatic carbocycles. The van der Waals surface area contributed by atoms with E-state index in [1.165, 1.54) is 0 Å². The molecule has 5 heteroatoms. The van der Waals surface area contributed by atoms with Crippen LogP contribution in [0.3, 0.4) is 0 Å². The Balaban J connectivity index is 0.00000210. The number of anilines is 2. The van der Waals surface area contributed by atoms with Gasteiger partial charge in [0.1, 0.15) is 17.1 Å². The topological polar surface area (TPSA) is 25.1 Å². The zero-order chi connectivity index (χ0) is 17.8. The molecule has 0 saturated carbocycles. The maximum atomic E-state index is 5.29. The van der Waals surface area contributed by atoms with Gasteiger partial charge in [0.05, 0.1) is 7.11 Å². The van der Waals surface area contributed by atoms with Gasteiger partial charge < -0.3 is 21.7 Å². The van der Waals surface area contributed by atoms with E-state index in [9.17, 15) is 0 Å². The van der Waals surface area contributed by atoms with Crippen LogP contribution in [-0.2, 0) is 0 Å². The highest BCUT2D eigenvalue weighted by molar-refractivity contribution is 7.13. The minimum absolute atomic E-state index is 0. The average Bonchev–Trinajstić information content (AvgIpc) is 3.13. The van der Waals surface area contributed by atoms with Crippen LogP contribution >= 0.6 is 11.3 Å². The molecule has 0 aliphatic heterocycles. The van der Waals surface area contributed by atoms with Crippen molar-refractivity contribution in [1.29, 1.82) is 0 Å². The summed E-state index contributed by atoms with van der Waals surface area (Å²) in [5.74, 6) is 0.859. The Labute approximate surface area is 173 Å². The molecule has 0 bridgehead atoms. The molecule has 3 aromatic carbocycles. The van der Waals surface area contributed by atoms with Gasteiger partial charge in [-0.1, -0.05) is 47.7 Å². The van der Waals surface area contributed by atoms with Crippen LogP contribution in [-0.4, -0.2) is 7.11 Å². The number of aromatic nitrogens is 1. The molecule has 4 rings (SSSR count). The van der Waals surface area contributed by atoms with E-state index in [1.54, 1.807) is 18.4 Å². The van der Waals surface area contributed by atoms with Gasteiger partial charge in [-0.3, -0.25) is 0 Å². The van der Waals surface area contributed by atoms with E-state index in [0.29, 0.717) is 0 Å². The molecule has 0 radical (unpaired) electrons. The van der Waals surface area contributed by atoms with Gasteiger partial charge in [0.2, 0.25) is 0 Å². The van der Waals surface area contributed by atoms with Crippen LogP contribution < -0.4 is 31.6 Å². The van der Waals surface area contributed by atoms with E-state index < -0.39 is 0 Å². The van der Waals surface area contributed by atoms with E-state index in [1.807, 2.05) is 36.4 Å². The Morgan fingerprint density at radius 2 is 1.44 bits per heavy atom. The van der Waals surface area contributed by atoms with E-state index in [2.05, 4.69) is 63.8 Å². The van der Waals surface area contributed by atoms with E-state index >= 15 is 0 Å². The lowest BCUT2D eigenvalue weighted by Gasteiger charge is -2.07. The van der Waals surface area contributed by atoms with Crippen LogP contribution in [0, 0.1) is 0 Å². The van der Waals surface area contributed by atoms with Crippen molar-refractivity contribution >= 4 is 22.2 Å². The molecule has 0 atom stereocenters. The zero-order valence-corrected chi connectivity index (χ0v) is 17.2. The summed E-state index contributed by atoms with van der Waals surface area (Å²) in [6.07, 6.45) is 0. The third kappa shape index (κ3) is 4.21. The molecule has 0 spiro atoms. The number of nitrogens with one attached hydrogen (secondary N) is 1. The largest absolute Gasteiger partial charge is 1.00 e. The summed E-state index contributed by atoms with van der Waals surface area (Å²) >= 11 is 1.69. The van der Waals surface area contributed by atoms with Crippen LogP contribution in [0.25, 0.3) is 16.9 Å². The standard InChI is InChI=1S/C22H18N2OS.BrH/c1-25-20-14-12-17(13-15-20)21-16-26-22(23-18-8-4-2-5-9-18)24(21)19-10-6-3-7-11-19;/h2-16H,1H3;1H. The minimum atomic E-state index is 0. The molecule has 0 fully saturated rings. The van der Waals surface area contributed by atoms with Gasteiger partial charge in [-0.05, 0) is 48.5 Å². The molecule has 136 valence electrons. The van der Waals surface area contributed by atoms with Gasteiger partial charge in [0.25, 0.3) is 0 Å². The Hall–Kier alpha value is -2.63. The molecule has 1 heterocycles. The molecule has 0 unspecified atom stereocenters. The van der Waals surface area contributed by atoms with Crippen LogP contribution in [0.4, 0.5) is 10.8 Å². The Morgan fingerprint density at radius 3 is 2.07 bits per heavy atom. The highest BCUT2D eigenvalue weighted by atomic mass is 79.9. The highest BCUT2D eigenvalue weighted by Crippen LogP contribution is 2.28. The summed E-state index contributed by atoms with van der Waals surface area (Å²) in [6.45, 7) is 0. The van der Waals surface area contributed by atoms with Crippen molar-refractivity contribution in [1.82, 2.24) is 0 Å². The molecule has 27 heavy (non-hydrogen) atoms.